The van der Waals surface area contributed by atoms with Crippen LogP contribution in [0.5, 0.6) is 5.75 Å². The summed E-state index contributed by atoms with van der Waals surface area (Å²) in [6.45, 7) is 6.60. The smallest absolute Gasteiger partial charge is 0.191 e. The van der Waals surface area contributed by atoms with Crippen LogP contribution in [0.1, 0.15) is 30.9 Å². The van der Waals surface area contributed by atoms with Crippen LogP contribution in [0, 0.1) is 0 Å². The first-order valence-corrected chi connectivity index (χ1v) is 10.1. The molecule has 1 aromatic heterocycles. The predicted octanol–water partition coefficient (Wildman–Crippen LogP) is 2.99. The summed E-state index contributed by atoms with van der Waals surface area (Å²) in [5.74, 6) is 2.80. The molecule has 0 amide bonds. The first-order valence-electron chi connectivity index (χ1n) is 10.1. The van der Waals surface area contributed by atoms with Crippen LogP contribution in [0.15, 0.2) is 47.6 Å². The van der Waals surface area contributed by atoms with Gasteiger partial charge in [-0.2, -0.15) is 0 Å². The number of rotatable bonds is 8. The molecule has 28 heavy (non-hydrogen) atoms. The number of benzene rings is 1. The molecule has 6 nitrogen and oxygen atoms in total. The monoisotopic (exact) mass is 381 g/mol. The molecule has 2 aromatic rings. The maximum Gasteiger partial charge on any atom is 0.191 e. The first kappa shape index (κ1) is 20.0. The lowest BCUT2D eigenvalue weighted by atomic mass is 10.1. The molecule has 6 heteroatoms. The summed E-state index contributed by atoms with van der Waals surface area (Å²) in [7, 11) is 1.69. The highest BCUT2D eigenvalue weighted by molar-refractivity contribution is 5.79. The number of ether oxygens (including phenoxy) is 1. The van der Waals surface area contributed by atoms with Crippen molar-refractivity contribution in [3.63, 3.8) is 0 Å². The fraction of sp³-hybridized carbons (Fsp3) is 0.455. The number of hydrogen-bond acceptors (Lipinski definition) is 4. The SMILES string of the molecule is CCNC(=NCc1ccnc(N2CCCC2)c1)NCCc1ccc(OC)cc1. The van der Waals surface area contributed by atoms with Crippen LogP contribution in [-0.4, -0.2) is 44.2 Å². The summed E-state index contributed by atoms with van der Waals surface area (Å²) in [5, 5.41) is 6.74. The van der Waals surface area contributed by atoms with E-state index in [0.717, 1.165) is 50.1 Å². The minimum absolute atomic E-state index is 0.640. The number of guanidine groups is 1. The van der Waals surface area contributed by atoms with Gasteiger partial charge in [-0.05, 0) is 61.6 Å². The van der Waals surface area contributed by atoms with Gasteiger partial charge in [-0.25, -0.2) is 9.98 Å². The summed E-state index contributed by atoms with van der Waals surface area (Å²) in [6.07, 6.45) is 5.34. The van der Waals surface area contributed by atoms with Crippen LogP contribution in [0.2, 0.25) is 0 Å². The summed E-state index contributed by atoms with van der Waals surface area (Å²) < 4.78 is 5.21. The Morgan fingerprint density at radius 2 is 1.89 bits per heavy atom. The molecule has 0 spiro atoms. The number of methoxy groups -OCH3 is 1. The number of anilines is 1. The molecular formula is C22H31N5O. The maximum absolute atomic E-state index is 5.21. The highest BCUT2D eigenvalue weighted by Gasteiger charge is 2.13. The van der Waals surface area contributed by atoms with Crippen molar-refractivity contribution < 1.29 is 4.74 Å². The van der Waals surface area contributed by atoms with E-state index in [-0.39, 0.29) is 0 Å². The Kier molecular flexibility index (Phi) is 7.53. The van der Waals surface area contributed by atoms with Gasteiger partial charge >= 0.3 is 0 Å². The van der Waals surface area contributed by atoms with Crippen molar-refractivity contribution in [3.8, 4) is 5.75 Å². The molecular weight excluding hydrogens is 350 g/mol. The molecule has 150 valence electrons. The fourth-order valence-corrected chi connectivity index (χ4v) is 3.31. The lowest BCUT2D eigenvalue weighted by Gasteiger charge is -2.16. The molecule has 0 bridgehead atoms. The third kappa shape index (κ3) is 5.87. The van der Waals surface area contributed by atoms with Gasteiger partial charge < -0.3 is 20.3 Å². The van der Waals surface area contributed by atoms with Crippen LogP contribution in [0.3, 0.4) is 0 Å². The van der Waals surface area contributed by atoms with E-state index in [4.69, 9.17) is 9.73 Å². The minimum atomic E-state index is 0.640. The molecule has 0 aliphatic carbocycles. The lowest BCUT2D eigenvalue weighted by molar-refractivity contribution is 0.414. The zero-order valence-corrected chi connectivity index (χ0v) is 16.9. The van der Waals surface area contributed by atoms with Gasteiger partial charge in [0.1, 0.15) is 11.6 Å². The number of hydrogen-bond donors (Lipinski definition) is 2. The quantitative estimate of drug-likeness (QED) is 0.544. The van der Waals surface area contributed by atoms with Gasteiger partial charge in [-0.1, -0.05) is 12.1 Å². The van der Waals surface area contributed by atoms with E-state index in [1.807, 2.05) is 24.4 Å². The van der Waals surface area contributed by atoms with Gasteiger partial charge in [0.2, 0.25) is 0 Å². The normalized spacial score (nSPS) is 14.2. The standard InChI is InChI=1S/C22H31N5O/c1-3-23-22(25-13-10-18-6-8-20(28-2)9-7-18)26-17-19-11-12-24-21(16-19)27-14-4-5-15-27/h6-9,11-12,16H,3-5,10,13-15,17H2,1-2H3,(H2,23,25,26). The van der Waals surface area contributed by atoms with Crippen LogP contribution >= 0.6 is 0 Å². The Morgan fingerprint density at radius 3 is 2.61 bits per heavy atom. The Hall–Kier alpha value is -2.76. The zero-order chi connectivity index (χ0) is 19.6. The van der Waals surface area contributed by atoms with Crippen LogP contribution in [0.4, 0.5) is 5.82 Å². The Bertz CT molecular complexity index is 754. The summed E-state index contributed by atoms with van der Waals surface area (Å²) in [6, 6.07) is 12.4. The van der Waals surface area contributed by atoms with E-state index in [2.05, 4.69) is 45.6 Å². The second kappa shape index (κ2) is 10.5. The van der Waals surface area contributed by atoms with Crippen LogP contribution in [-0.2, 0) is 13.0 Å². The lowest BCUT2D eigenvalue weighted by Crippen LogP contribution is -2.38. The van der Waals surface area contributed by atoms with E-state index in [9.17, 15) is 0 Å². The van der Waals surface area contributed by atoms with Gasteiger partial charge in [-0.15, -0.1) is 0 Å². The highest BCUT2D eigenvalue weighted by atomic mass is 16.5. The molecule has 1 aromatic carbocycles. The van der Waals surface area contributed by atoms with E-state index in [1.54, 1.807) is 7.11 Å². The third-order valence-electron chi connectivity index (χ3n) is 4.87. The summed E-state index contributed by atoms with van der Waals surface area (Å²) in [5.41, 5.74) is 2.46. The molecule has 2 N–H and O–H groups in total. The number of aliphatic imine (C=N–C) groups is 1. The average molecular weight is 382 g/mol. The fourth-order valence-electron chi connectivity index (χ4n) is 3.31. The summed E-state index contributed by atoms with van der Waals surface area (Å²) >= 11 is 0. The summed E-state index contributed by atoms with van der Waals surface area (Å²) in [4.78, 5) is 11.6. The van der Waals surface area contributed by atoms with Crippen molar-refractivity contribution in [1.29, 1.82) is 0 Å². The molecule has 1 fully saturated rings. The van der Waals surface area contributed by atoms with Gasteiger partial charge in [0, 0.05) is 32.4 Å². The van der Waals surface area contributed by atoms with Crippen LogP contribution in [0.25, 0.3) is 0 Å². The second-order valence-corrected chi connectivity index (χ2v) is 6.94. The maximum atomic E-state index is 5.21. The van der Waals surface area contributed by atoms with Gasteiger partial charge in [0.25, 0.3) is 0 Å². The molecule has 1 aliphatic heterocycles. The van der Waals surface area contributed by atoms with Crippen molar-refractivity contribution in [2.75, 3.05) is 38.2 Å². The average Bonchev–Trinajstić information content (AvgIpc) is 3.28. The molecule has 1 aliphatic rings. The molecule has 2 heterocycles. The minimum Gasteiger partial charge on any atom is -0.497 e. The van der Waals surface area contributed by atoms with Gasteiger partial charge in [0.05, 0.1) is 13.7 Å². The van der Waals surface area contributed by atoms with E-state index < -0.39 is 0 Å². The van der Waals surface area contributed by atoms with Crippen molar-refractivity contribution in [3.05, 3.63) is 53.7 Å². The number of nitrogens with one attached hydrogen (secondary N) is 2. The Balaban J connectivity index is 1.53. The first-order chi connectivity index (χ1) is 13.8. The van der Waals surface area contributed by atoms with Crippen molar-refractivity contribution in [2.45, 2.75) is 32.7 Å². The molecule has 0 radical (unpaired) electrons. The molecule has 0 unspecified atom stereocenters. The third-order valence-corrected chi connectivity index (χ3v) is 4.87. The number of aromatic nitrogens is 1. The molecule has 1 saturated heterocycles. The Labute approximate surface area is 168 Å². The van der Waals surface area contributed by atoms with Crippen molar-refractivity contribution >= 4 is 11.8 Å². The zero-order valence-electron chi connectivity index (χ0n) is 16.9. The topological polar surface area (TPSA) is 61.8 Å². The van der Waals surface area contributed by atoms with Gasteiger partial charge in [0.15, 0.2) is 5.96 Å². The molecule has 0 saturated carbocycles. The second-order valence-electron chi connectivity index (χ2n) is 6.94. The van der Waals surface area contributed by atoms with Gasteiger partial charge in [-0.3, -0.25) is 0 Å². The number of pyridine rings is 1. The molecule has 3 rings (SSSR count). The van der Waals surface area contributed by atoms with Crippen molar-refractivity contribution in [2.24, 2.45) is 4.99 Å². The Morgan fingerprint density at radius 1 is 1.11 bits per heavy atom. The largest absolute Gasteiger partial charge is 0.497 e. The predicted molar refractivity (Wildman–Crippen MR) is 115 cm³/mol. The van der Waals surface area contributed by atoms with Crippen molar-refractivity contribution in [1.82, 2.24) is 15.6 Å². The highest BCUT2D eigenvalue weighted by Crippen LogP contribution is 2.18. The van der Waals surface area contributed by atoms with E-state index >= 15 is 0 Å². The number of nitrogens with zero attached hydrogens (tertiary/aromatic N) is 3. The van der Waals surface area contributed by atoms with E-state index in [1.165, 1.54) is 24.0 Å². The molecule has 0 atom stereocenters. The van der Waals surface area contributed by atoms with Crippen LogP contribution < -0.4 is 20.3 Å². The van der Waals surface area contributed by atoms with E-state index in [0.29, 0.717) is 6.54 Å².